The Bertz CT molecular complexity index is 421. The average Bonchev–Trinajstić information content (AvgIpc) is 2.12. The third-order valence-electron chi connectivity index (χ3n) is 2.35. The van der Waals surface area contributed by atoms with Crippen LogP contribution >= 0.6 is 0 Å². The van der Waals surface area contributed by atoms with E-state index >= 15 is 0 Å². The molecule has 0 atom stereocenters. The molecule has 0 N–H and O–H groups in total. The van der Waals surface area contributed by atoms with Gasteiger partial charge in [0, 0.05) is 5.19 Å². The second-order valence-corrected chi connectivity index (χ2v) is 9.78. The van der Waals surface area contributed by atoms with Crippen LogP contribution in [0, 0.1) is 5.82 Å². The quantitative estimate of drug-likeness (QED) is 0.589. The summed E-state index contributed by atoms with van der Waals surface area (Å²) >= 11 is 0. The molecule has 0 aromatic heterocycles. The summed E-state index contributed by atoms with van der Waals surface area (Å²) in [6, 6.07) is 1.40. The van der Waals surface area contributed by atoms with Gasteiger partial charge in [0.2, 0.25) is 0 Å². The first kappa shape index (κ1) is 14.0. The van der Waals surface area contributed by atoms with Crippen molar-refractivity contribution in [3.8, 4) is 5.75 Å². The number of ether oxygens (including phenoxy) is 1. The lowest BCUT2D eigenvalue weighted by molar-refractivity contribution is -0.137. The minimum absolute atomic E-state index is 0.0171. The van der Waals surface area contributed by atoms with E-state index in [9.17, 15) is 17.6 Å². The van der Waals surface area contributed by atoms with Crippen molar-refractivity contribution in [2.45, 2.75) is 25.8 Å². The van der Waals surface area contributed by atoms with E-state index in [1.165, 1.54) is 7.11 Å². The molecule has 1 aromatic carbocycles. The molecule has 0 unspecified atom stereocenters. The summed E-state index contributed by atoms with van der Waals surface area (Å²) in [5.41, 5.74) is -1.02. The third-order valence-corrected chi connectivity index (χ3v) is 4.34. The molecule has 0 spiro atoms. The molecule has 1 rings (SSSR count). The first-order chi connectivity index (χ1) is 7.57. The predicted molar refractivity (Wildman–Crippen MR) is 60.9 cm³/mol. The van der Waals surface area contributed by atoms with Crippen LogP contribution in [-0.4, -0.2) is 15.2 Å². The molecule has 0 radical (unpaired) electrons. The molecule has 0 aliphatic carbocycles. The lowest BCUT2D eigenvalue weighted by Crippen LogP contribution is -2.41. The van der Waals surface area contributed by atoms with Crippen LogP contribution in [0.3, 0.4) is 0 Å². The Labute approximate surface area is 98.4 Å². The van der Waals surface area contributed by atoms with Gasteiger partial charge in [-0.1, -0.05) is 19.6 Å². The van der Waals surface area contributed by atoms with Crippen LogP contribution in [0.1, 0.15) is 5.56 Å². The smallest absolute Gasteiger partial charge is 0.416 e. The monoisotopic (exact) mass is 266 g/mol. The highest BCUT2D eigenvalue weighted by atomic mass is 28.3. The summed E-state index contributed by atoms with van der Waals surface area (Å²) < 4.78 is 56.2. The average molecular weight is 266 g/mol. The van der Waals surface area contributed by atoms with Crippen molar-refractivity contribution in [2.24, 2.45) is 0 Å². The Morgan fingerprint density at radius 1 is 1.12 bits per heavy atom. The highest BCUT2D eigenvalue weighted by molar-refractivity contribution is 6.89. The van der Waals surface area contributed by atoms with Gasteiger partial charge in [-0.3, -0.25) is 0 Å². The van der Waals surface area contributed by atoms with E-state index in [1.54, 1.807) is 0 Å². The van der Waals surface area contributed by atoms with Crippen molar-refractivity contribution in [2.75, 3.05) is 7.11 Å². The molecule has 0 saturated heterocycles. The van der Waals surface area contributed by atoms with E-state index in [0.29, 0.717) is 6.07 Å². The van der Waals surface area contributed by atoms with Gasteiger partial charge in [-0.05, 0) is 12.1 Å². The maximum atomic E-state index is 13.8. The molecule has 0 saturated carbocycles. The minimum atomic E-state index is -4.56. The fraction of sp³-hybridized carbons (Fsp3) is 0.455. The summed E-state index contributed by atoms with van der Waals surface area (Å²) in [6.45, 7) is 5.55. The fourth-order valence-corrected chi connectivity index (χ4v) is 3.34. The van der Waals surface area contributed by atoms with Gasteiger partial charge in [0.15, 0.2) is 0 Å². The maximum Gasteiger partial charge on any atom is 0.416 e. The number of rotatable bonds is 2. The Kier molecular flexibility index (Phi) is 3.57. The van der Waals surface area contributed by atoms with Crippen molar-refractivity contribution in [3.05, 3.63) is 23.5 Å². The molecule has 17 heavy (non-hydrogen) atoms. The van der Waals surface area contributed by atoms with Crippen LogP contribution in [0.2, 0.25) is 19.6 Å². The van der Waals surface area contributed by atoms with Gasteiger partial charge in [-0.15, -0.1) is 0 Å². The van der Waals surface area contributed by atoms with Gasteiger partial charge in [-0.25, -0.2) is 4.39 Å². The standard InChI is InChI=1S/C11H14F4OSi/c1-16-9-6-7(11(13,14)15)5-8(12)10(9)17(2,3)4/h5-6H,1-4H3. The first-order valence-electron chi connectivity index (χ1n) is 5.02. The van der Waals surface area contributed by atoms with Crippen molar-refractivity contribution in [3.63, 3.8) is 0 Å². The Morgan fingerprint density at radius 3 is 2.00 bits per heavy atom. The summed E-state index contributed by atoms with van der Waals surface area (Å²) in [6.07, 6.45) is -4.56. The van der Waals surface area contributed by atoms with E-state index in [4.69, 9.17) is 4.74 Å². The van der Waals surface area contributed by atoms with Crippen molar-refractivity contribution < 1.29 is 22.3 Å². The second-order valence-electron chi connectivity index (χ2n) is 4.78. The molecular formula is C11H14F4OSi. The zero-order valence-electron chi connectivity index (χ0n) is 10.1. The van der Waals surface area contributed by atoms with E-state index in [1.807, 2.05) is 19.6 Å². The van der Waals surface area contributed by atoms with Gasteiger partial charge < -0.3 is 4.74 Å². The van der Waals surface area contributed by atoms with E-state index in [2.05, 4.69) is 0 Å². The summed E-state index contributed by atoms with van der Waals surface area (Å²) in [5, 5.41) is 0.285. The molecular weight excluding hydrogens is 252 g/mol. The second kappa shape index (κ2) is 4.32. The van der Waals surface area contributed by atoms with Gasteiger partial charge in [0.25, 0.3) is 0 Å². The van der Waals surface area contributed by atoms with Crippen molar-refractivity contribution in [1.82, 2.24) is 0 Å². The summed E-state index contributed by atoms with van der Waals surface area (Å²) in [4.78, 5) is 0. The topological polar surface area (TPSA) is 9.23 Å². The minimum Gasteiger partial charge on any atom is -0.497 e. The number of halogens is 4. The Balaban J connectivity index is 3.47. The highest BCUT2D eigenvalue weighted by Gasteiger charge is 2.34. The van der Waals surface area contributed by atoms with Gasteiger partial charge >= 0.3 is 6.18 Å². The summed E-state index contributed by atoms with van der Waals surface area (Å²) in [7, 11) is -0.844. The number of methoxy groups -OCH3 is 1. The number of alkyl halides is 3. The lowest BCUT2D eigenvalue weighted by atomic mass is 10.2. The molecule has 6 heteroatoms. The predicted octanol–water partition coefficient (Wildman–Crippen LogP) is 3.40. The van der Waals surface area contributed by atoms with E-state index in [0.717, 1.165) is 6.07 Å². The van der Waals surface area contributed by atoms with E-state index < -0.39 is 25.6 Å². The van der Waals surface area contributed by atoms with Crippen LogP contribution in [0.15, 0.2) is 12.1 Å². The zero-order chi connectivity index (χ0) is 13.4. The van der Waals surface area contributed by atoms with Crippen LogP contribution in [0.25, 0.3) is 0 Å². The molecule has 1 nitrogen and oxygen atoms in total. The maximum absolute atomic E-state index is 13.8. The number of benzene rings is 1. The highest BCUT2D eigenvalue weighted by Crippen LogP contribution is 2.32. The molecule has 0 heterocycles. The largest absolute Gasteiger partial charge is 0.497 e. The SMILES string of the molecule is COc1cc(C(F)(F)F)cc(F)c1[Si](C)(C)C. The number of hydrogen-bond acceptors (Lipinski definition) is 1. The molecule has 0 bridgehead atoms. The van der Waals surface area contributed by atoms with Gasteiger partial charge in [-0.2, -0.15) is 13.2 Å². The number of hydrogen-bond donors (Lipinski definition) is 0. The van der Waals surface area contributed by atoms with Crippen LogP contribution < -0.4 is 9.92 Å². The molecule has 96 valence electrons. The van der Waals surface area contributed by atoms with Crippen molar-refractivity contribution in [1.29, 1.82) is 0 Å². The zero-order valence-corrected chi connectivity index (χ0v) is 11.1. The van der Waals surface area contributed by atoms with Crippen LogP contribution in [0.5, 0.6) is 5.75 Å². The van der Waals surface area contributed by atoms with Crippen LogP contribution in [-0.2, 0) is 6.18 Å². The fourth-order valence-electron chi connectivity index (χ4n) is 1.63. The molecule has 0 aliphatic rings. The molecule has 0 fully saturated rings. The Hall–Kier alpha value is -1.04. The summed E-state index contributed by atoms with van der Waals surface area (Å²) in [5.74, 6) is -0.854. The molecule has 1 aromatic rings. The lowest BCUT2D eigenvalue weighted by Gasteiger charge is -2.22. The molecule has 0 aliphatic heterocycles. The van der Waals surface area contributed by atoms with Crippen molar-refractivity contribution >= 4 is 13.3 Å². The first-order valence-corrected chi connectivity index (χ1v) is 8.52. The van der Waals surface area contributed by atoms with Gasteiger partial charge in [0.05, 0.1) is 20.7 Å². The third kappa shape index (κ3) is 2.99. The van der Waals surface area contributed by atoms with Crippen LogP contribution in [0.4, 0.5) is 17.6 Å². The van der Waals surface area contributed by atoms with E-state index in [-0.39, 0.29) is 10.9 Å². The Morgan fingerprint density at radius 2 is 1.65 bits per heavy atom. The van der Waals surface area contributed by atoms with Gasteiger partial charge in [0.1, 0.15) is 11.6 Å². The normalized spacial score (nSPS) is 12.7. The molecule has 0 amide bonds.